The van der Waals surface area contributed by atoms with Crippen LogP contribution in [-0.4, -0.2) is 18.2 Å². The van der Waals surface area contributed by atoms with Gasteiger partial charge in [-0.05, 0) is 44.0 Å². The van der Waals surface area contributed by atoms with Crippen molar-refractivity contribution in [2.24, 2.45) is 5.10 Å². The van der Waals surface area contributed by atoms with E-state index in [1.54, 1.807) is 0 Å². The summed E-state index contributed by atoms with van der Waals surface area (Å²) in [5.74, 6) is -0.178. The summed E-state index contributed by atoms with van der Waals surface area (Å²) in [6.07, 6.45) is 3.83. The molecule has 0 heterocycles. The van der Waals surface area contributed by atoms with E-state index in [1.807, 2.05) is 75.4 Å². The fourth-order valence-corrected chi connectivity index (χ4v) is 2.20. The lowest BCUT2D eigenvalue weighted by atomic mass is 10.1. The number of hydrogen-bond donors (Lipinski definition) is 2. The molecular weight excluding hydrogens is 298 g/mol. The van der Waals surface area contributed by atoms with Crippen LogP contribution in [0.5, 0.6) is 0 Å². The number of nitrogens with zero attached hydrogens (tertiary/aromatic N) is 1. The van der Waals surface area contributed by atoms with Crippen molar-refractivity contribution in [1.29, 1.82) is 0 Å². The van der Waals surface area contributed by atoms with Gasteiger partial charge in [0.2, 0.25) is 0 Å². The number of aryl methyl sites for hydroxylation is 2. The molecule has 2 aromatic carbocycles. The van der Waals surface area contributed by atoms with Crippen LogP contribution in [0.1, 0.15) is 23.6 Å². The molecule has 0 radical (unpaired) electrons. The number of nitrogens with one attached hydrogen (secondary N) is 2. The number of anilines is 1. The van der Waals surface area contributed by atoms with Gasteiger partial charge in [0.05, 0.1) is 12.3 Å². The van der Waals surface area contributed by atoms with Crippen LogP contribution in [0.15, 0.2) is 59.7 Å². The van der Waals surface area contributed by atoms with E-state index < -0.39 is 0 Å². The zero-order valence-corrected chi connectivity index (χ0v) is 14.3. The van der Waals surface area contributed by atoms with Gasteiger partial charge in [0.15, 0.2) is 0 Å². The molecule has 2 aromatic rings. The average Bonchev–Trinajstić information content (AvgIpc) is 2.58. The third-order valence-electron chi connectivity index (χ3n) is 3.49. The van der Waals surface area contributed by atoms with Crippen molar-refractivity contribution < 1.29 is 4.79 Å². The van der Waals surface area contributed by atoms with Crippen LogP contribution >= 0.6 is 0 Å². The van der Waals surface area contributed by atoms with Crippen LogP contribution < -0.4 is 10.7 Å². The van der Waals surface area contributed by atoms with Gasteiger partial charge in [-0.3, -0.25) is 4.79 Å². The third-order valence-corrected chi connectivity index (χ3v) is 3.49. The van der Waals surface area contributed by atoms with E-state index in [0.717, 1.165) is 22.5 Å². The summed E-state index contributed by atoms with van der Waals surface area (Å²) in [4.78, 5) is 11.9. The number of benzene rings is 2. The van der Waals surface area contributed by atoms with Crippen LogP contribution in [0, 0.1) is 13.8 Å². The Morgan fingerprint density at radius 3 is 2.58 bits per heavy atom. The number of rotatable bonds is 6. The first-order valence-corrected chi connectivity index (χ1v) is 7.92. The minimum absolute atomic E-state index is 0.178. The molecule has 4 nitrogen and oxygen atoms in total. The zero-order valence-electron chi connectivity index (χ0n) is 14.3. The molecule has 4 heteroatoms. The highest BCUT2D eigenvalue weighted by Crippen LogP contribution is 2.15. The molecule has 0 saturated heterocycles. The molecule has 0 aliphatic heterocycles. The Balaban J connectivity index is 1.82. The molecule has 1 amide bonds. The van der Waals surface area contributed by atoms with Crippen LogP contribution in [0.3, 0.4) is 0 Å². The molecular formula is C20H23N3O. The monoisotopic (exact) mass is 321 g/mol. The summed E-state index contributed by atoms with van der Waals surface area (Å²) in [6, 6.07) is 16.0. The lowest BCUT2D eigenvalue weighted by Gasteiger charge is -2.09. The molecule has 0 aliphatic carbocycles. The Morgan fingerprint density at radius 2 is 1.88 bits per heavy atom. The van der Waals surface area contributed by atoms with Gasteiger partial charge in [-0.1, -0.05) is 54.1 Å². The number of carbonyl (C=O) groups is 1. The second-order valence-electron chi connectivity index (χ2n) is 5.70. The maximum Gasteiger partial charge on any atom is 0.259 e. The van der Waals surface area contributed by atoms with E-state index >= 15 is 0 Å². The highest BCUT2D eigenvalue weighted by Gasteiger charge is 2.02. The molecule has 0 aromatic heterocycles. The van der Waals surface area contributed by atoms with Crippen molar-refractivity contribution in [2.45, 2.75) is 20.8 Å². The lowest BCUT2D eigenvalue weighted by Crippen LogP contribution is -2.26. The second-order valence-corrected chi connectivity index (χ2v) is 5.70. The maximum atomic E-state index is 11.9. The first kappa shape index (κ1) is 17.5. The summed E-state index contributed by atoms with van der Waals surface area (Å²) in [6.45, 7) is 6.09. The largest absolute Gasteiger partial charge is 0.376 e. The molecule has 0 atom stereocenters. The molecule has 124 valence electrons. The SMILES string of the molecule is CC(/C=C/c1ccccc1)=N\NC(=O)CNc1ccc(C)cc1C. The van der Waals surface area contributed by atoms with Crippen molar-refractivity contribution in [3.8, 4) is 0 Å². The Kier molecular flexibility index (Phi) is 6.32. The van der Waals surface area contributed by atoms with Gasteiger partial charge in [-0.15, -0.1) is 0 Å². The molecule has 24 heavy (non-hydrogen) atoms. The Labute approximate surface area is 143 Å². The van der Waals surface area contributed by atoms with Crippen molar-refractivity contribution >= 4 is 23.4 Å². The minimum Gasteiger partial charge on any atom is -0.376 e. The number of carbonyl (C=O) groups excluding carboxylic acids is 1. The standard InChI is InChI=1S/C20H23N3O/c1-15-9-12-19(16(2)13-15)21-14-20(24)23-22-17(3)10-11-18-7-5-4-6-8-18/h4-13,21H,14H2,1-3H3,(H,23,24)/b11-10+,22-17+. The highest BCUT2D eigenvalue weighted by molar-refractivity contribution is 5.97. The highest BCUT2D eigenvalue weighted by atomic mass is 16.2. The Bertz CT molecular complexity index is 749. The summed E-state index contributed by atoms with van der Waals surface area (Å²) in [5, 5.41) is 7.20. The normalized spacial score (nSPS) is 11.5. The molecule has 0 saturated carbocycles. The van der Waals surface area contributed by atoms with Gasteiger partial charge in [0.25, 0.3) is 5.91 Å². The van der Waals surface area contributed by atoms with Gasteiger partial charge >= 0.3 is 0 Å². The quantitative estimate of drug-likeness (QED) is 0.626. The lowest BCUT2D eigenvalue weighted by molar-refractivity contribution is -0.119. The fourth-order valence-electron chi connectivity index (χ4n) is 2.20. The van der Waals surface area contributed by atoms with E-state index in [2.05, 4.69) is 21.9 Å². The zero-order chi connectivity index (χ0) is 17.4. The summed E-state index contributed by atoms with van der Waals surface area (Å²) < 4.78 is 0. The maximum absolute atomic E-state index is 11.9. The van der Waals surface area contributed by atoms with Gasteiger partial charge < -0.3 is 5.32 Å². The number of hydrazone groups is 1. The third kappa shape index (κ3) is 5.72. The van der Waals surface area contributed by atoms with E-state index in [9.17, 15) is 4.79 Å². The van der Waals surface area contributed by atoms with E-state index in [1.165, 1.54) is 5.56 Å². The van der Waals surface area contributed by atoms with E-state index in [0.29, 0.717) is 0 Å². The Morgan fingerprint density at radius 1 is 1.12 bits per heavy atom. The van der Waals surface area contributed by atoms with Gasteiger partial charge in [-0.2, -0.15) is 5.10 Å². The van der Waals surface area contributed by atoms with Crippen molar-refractivity contribution in [1.82, 2.24) is 5.43 Å². The molecule has 0 spiro atoms. The Hall–Kier alpha value is -2.88. The predicted molar refractivity (Wildman–Crippen MR) is 101 cm³/mol. The smallest absolute Gasteiger partial charge is 0.259 e. The number of allylic oxidation sites excluding steroid dienone is 1. The first-order valence-electron chi connectivity index (χ1n) is 7.92. The molecule has 0 bridgehead atoms. The summed E-state index contributed by atoms with van der Waals surface area (Å²) >= 11 is 0. The predicted octanol–water partition coefficient (Wildman–Crippen LogP) is 3.92. The van der Waals surface area contributed by atoms with Gasteiger partial charge in [0.1, 0.15) is 0 Å². The van der Waals surface area contributed by atoms with Crippen LogP contribution in [0.4, 0.5) is 5.69 Å². The molecule has 0 aliphatic rings. The summed E-state index contributed by atoms with van der Waals surface area (Å²) in [5.41, 5.74) is 7.66. The molecule has 2 N–H and O–H groups in total. The second kappa shape index (κ2) is 8.67. The minimum atomic E-state index is -0.178. The van der Waals surface area contributed by atoms with Crippen molar-refractivity contribution in [3.63, 3.8) is 0 Å². The fraction of sp³-hybridized carbons (Fsp3) is 0.200. The summed E-state index contributed by atoms with van der Waals surface area (Å²) in [7, 11) is 0. The van der Waals surface area contributed by atoms with Crippen LogP contribution in [0.25, 0.3) is 6.08 Å². The van der Waals surface area contributed by atoms with E-state index in [4.69, 9.17) is 0 Å². The van der Waals surface area contributed by atoms with Crippen LogP contribution in [-0.2, 0) is 4.79 Å². The van der Waals surface area contributed by atoms with Crippen LogP contribution in [0.2, 0.25) is 0 Å². The molecule has 0 fully saturated rings. The first-order chi connectivity index (χ1) is 11.5. The topological polar surface area (TPSA) is 53.5 Å². The average molecular weight is 321 g/mol. The number of amides is 1. The van der Waals surface area contributed by atoms with Gasteiger partial charge in [-0.25, -0.2) is 5.43 Å². The molecule has 2 rings (SSSR count). The molecule has 0 unspecified atom stereocenters. The van der Waals surface area contributed by atoms with E-state index in [-0.39, 0.29) is 12.5 Å². The number of hydrogen-bond acceptors (Lipinski definition) is 3. The van der Waals surface area contributed by atoms with Crippen molar-refractivity contribution in [3.05, 3.63) is 71.3 Å². The van der Waals surface area contributed by atoms with Gasteiger partial charge in [0, 0.05) is 5.69 Å². The van der Waals surface area contributed by atoms with Crippen molar-refractivity contribution in [2.75, 3.05) is 11.9 Å².